The molecule has 1 rings (SSSR count). The zero-order valence-electron chi connectivity index (χ0n) is 14.0. The SMILES string of the molecule is CC(C)N(CCC(O)c1cccc(Cl)c1)C(=O)OC(C)(C)C. The van der Waals surface area contributed by atoms with Crippen LogP contribution in [0.25, 0.3) is 0 Å². The predicted octanol–water partition coefficient (Wildman–Crippen LogP) is 4.41. The molecule has 0 saturated carbocycles. The van der Waals surface area contributed by atoms with Gasteiger partial charge in [0.2, 0.25) is 0 Å². The molecule has 1 aromatic rings. The first-order valence-corrected chi connectivity index (χ1v) is 7.91. The molecule has 1 unspecified atom stereocenters. The van der Waals surface area contributed by atoms with Crippen LogP contribution in [0.1, 0.15) is 52.7 Å². The average Bonchev–Trinajstić information content (AvgIpc) is 2.36. The van der Waals surface area contributed by atoms with E-state index in [4.69, 9.17) is 16.3 Å². The van der Waals surface area contributed by atoms with Crippen molar-refractivity contribution >= 4 is 17.7 Å². The van der Waals surface area contributed by atoms with Crippen LogP contribution in [-0.2, 0) is 4.74 Å². The van der Waals surface area contributed by atoms with E-state index in [2.05, 4.69) is 0 Å². The van der Waals surface area contributed by atoms with Crippen LogP contribution in [-0.4, -0.2) is 34.3 Å². The maximum absolute atomic E-state index is 12.2. The number of nitrogens with zero attached hydrogens (tertiary/aromatic N) is 1. The summed E-state index contributed by atoms with van der Waals surface area (Å²) < 4.78 is 5.40. The smallest absolute Gasteiger partial charge is 0.410 e. The van der Waals surface area contributed by atoms with E-state index in [0.717, 1.165) is 5.56 Å². The molecule has 0 aliphatic carbocycles. The van der Waals surface area contributed by atoms with Crippen molar-refractivity contribution in [2.24, 2.45) is 0 Å². The largest absolute Gasteiger partial charge is 0.444 e. The molecule has 0 aliphatic heterocycles. The third-order valence-corrected chi connectivity index (χ3v) is 3.36. The van der Waals surface area contributed by atoms with Gasteiger partial charge in [0.15, 0.2) is 0 Å². The fourth-order valence-corrected chi connectivity index (χ4v) is 2.22. The molecule has 1 atom stereocenters. The maximum Gasteiger partial charge on any atom is 0.410 e. The summed E-state index contributed by atoms with van der Waals surface area (Å²) in [5.74, 6) is 0. The summed E-state index contributed by atoms with van der Waals surface area (Å²) in [6.45, 7) is 9.78. The van der Waals surface area contributed by atoms with E-state index in [0.29, 0.717) is 18.0 Å². The van der Waals surface area contributed by atoms with Gasteiger partial charge >= 0.3 is 6.09 Å². The van der Waals surface area contributed by atoms with E-state index in [9.17, 15) is 9.90 Å². The maximum atomic E-state index is 12.2. The van der Waals surface area contributed by atoms with Crippen LogP contribution in [0.4, 0.5) is 4.79 Å². The van der Waals surface area contributed by atoms with Gasteiger partial charge in [-0.3, -0.25) is 0 Å². The number of aliphatic hydroxyl groups is 1. The lowest BCUT2D eigenvalue weighted by atomic mass is 10.1. The molecule has 0 saturated heterocycles. The lowest BCUT2D eigenvalue weighted by Gasteiger charge is -2.30. The molecular weight excluding hydrogens is 302 g/mol. The molecule has 0 aliphatic rings. The molecule has 1 N–H and O–H groups in total. The number of hydrogen-bond donors (Lipinski definition) is 1. The van der Waals surface area contributed by atoms with Crippen LogP contribution >= 0.6 is 11.6 Å². The standard InChI is InChI=1S/C17H26ClNO3/c1-12(2)19(16(21)22-17(3,4)5)10-9-15(20)13-7-6-8-14(18)11-13/h6-8,11-12,15,20H,9-10H2,1-5H3. The fraction of sp³-hybridized carbons (Fsp3) is 0.588. The van der Waals surface area contributed by atoms with Crippen LogP contribution in [0.3, 0.4) is 0 Å². The molecule has 5 heteroatoms. The minimum absolute atomic E-state index is 0.00131. The van der Waals surface area contributed by atoms with Gasteiger partial charge < -0.3 is 14.7 Å². The van der Waals surface area contributed by atoms with E-state index < -0.39 is 11.7 Å². The summed E-state index contributed by atoms with van der Waals surface area (Å²) in [5.41, 5.74) is 0.218. The first-order valence-electron chi connectivity index (χ1n) is 7.53. The number of halogens is 1. The third-order valence-electron chi connectivity index (χ3n) is 3.13. The van der Waals surface area contributed by atoms with E-state index in [1.54, 1.807) is 23.1 Å². The predicted molar refractivity (Wildman–Crippen MR) is 89.1 cm³/mol. The summed E-state index contributed by atoms with van der Waals surface area (Å²) >= 11 is 5.93. The van der Waals surface area contributed by atoms with Crippen molar-refractivity contribution in [3.8, 4) is 0 Å². The van der Waals surface area contributed by atoms with Crippen molar-refractivity contribution in [2.75, 3.05) is 6.54 Å². The highest BCUT2D eigenvalue weighted by molar-refractivity contribution is 6.30. The van der Waals surface area contributed by atoms with Crippen molar-refractivity contribution in [3.63, 3.8) is 0 Å². The molecule has 0 radical (unpaired) electrons. The molecule has 0 heterocycles. The Balaban J connectivity index is 2.66. The summed E-state index contributed by atoms with van der Waals surface area (Å²) in [4.78, 5) is 13.8. The second-order valence-corrected chi connectivity index (χ2v) is 7.06. The van der Waals surface area contributed by atoms with Crippen molar-refractivity contribution < 1.29 is 14.6 Å². The van der Waals surface area contributed by atoms with Gasteiger partial charge in [-0.2, -0.15) is 0 Å². The van der Waals surface area contributed by atoms with E-state index >= 15 is 0 Å². The second-order valence-electron chi connectivity index (χ2n) is 6.63. The Bertz CT molecular complexity index is 497. The number of hydrogen-bond acceptors (Lipinski definition) is 3. The highest BCUT2D eigenvalue weighted by atomic mass is 35.5. The molecule has 22 heavy (non-hydrogen) atoms. The van der Waals surface area contributed by atoms with Gasteiger partial charge in [-0.15, -0.1) is 0 Å². The molecule has 0 spiro atoms. The number of benzene rings is 1. The summed E-state index contributed by atoms with van der Waals surface area (Å²) in [6, 6.07) is 7.12. The van der Waals surface area contributed by atoms with Gasteiger partial charge in [0, 0.05) is 17.6 Å². The quantitative estimate of drug-likeness (QED) is 0.871. The van der Waals surface area contributed by atoms with Crippen molar-refractivity contribution in [1.82, 2.24) is 4.90 Å². The van der Waals surface area contributed by atoms with Crippen molar-refractivity contribution in [1.29, 1.82) is 0 Å². The molecular formula is C17H26ClNO3. The number of rotatable bonds is 5. The van der Waals surface area contributed by atoms with Crippen LogP contribution in [0.2, 0.25) is 5.02 Å². The highest BCUT2D eigenvalue weighted by Crippen LogP contribution is 2.21. The van der Waals surface area contributed by atoms with Gasteiger partial charge in [0.25, 0.3) is 0 Å². The van der Waals surface area contributed by atoms with Gasteiger partial charge in [-0.25, -0.2) is 4.79 Å². The Kier molecular flexibility index (Phi) is 6.69. The third kappa shape index (κ3) is 6.24. The normalized spacial score (nSPS) is 13.1. The Labute approximate surface area is 138 Å². The van der Waals surface area contributed by atoms with E-state index in [1.165, 1.54) is 0 Å². The first-order chi connectivity index (χ1) is 10.1. The van der Waals surface area contributed by atoms with Crippen LogP contribution in [0, 0.1) is 0 Å². The molecule has 0 aromatic heterocycles. The number of carbonyl (C=O) groups is 1. The Morgan fingerprint density at radius 2 is 2.00 bits per heavy atom. The molecule has 1 aromatic carbocycles. The number of carbonyl (C=O) groups excluding carboxylic acids is 1. The molecule has 124 valence electrons. The minimum atomic E-state index is -0.664. The van der Waals surface area contributed by atoms with E-state index in [1.807, 2.05) is 40.7 Å². The van der Waals surface area contributed by atoms with Gasteiger partial charge in [0.05, 0.1) is 6.10 Å². The lowest BCUT2D eigenvalue weighted by Crippen LogP contribution is -2.41. The molecule has 4 nitrogen and oxygen atoms in total. The monoisotopic (exact) mass is 327 g/mol. The van der Waals surface area contributed by atoms with Crippen molar-refractivity contribution in [3.05, 3.63) is 34.9 Å². The summed E-state index contributed by atoms with van der Waals surface area (Å²) in [7, 11) is 0. The Morgan fingerprint density at radius 3 is 2.50 bits per heavy atom. The van der Waals surface area contributed by atoms with Crippen molar-refractivity contribution in [2.45, 2.75) is 58.8 Å². The summed E-state index contributed by atoms with van der Waals surface area (Å²) in [5, 5.41) is 10.8. The van der Waals surface area contributed by atoms with Crippen LogP contribution in [0.15, 0.2) is 24.3 Å². The number of ether oxygens (including phenoxy) is 1. The molecule has 1 amide bonds. The molecule has 0 fully saturated rings. The Morgan fingerprint density at radius 1 is 1.36 bits per heavy atom. The van der Waals surface area contributed by atoms with E-state index in [-0.39, 0.29) is 12.1 Å². The Hall–Kier alpha value is -1.26. The second kappa shape index (κ2) is 7.84. The average molecular weight is 328 g/mol. The van der Waals surface area contributed by atoms with Gasteiger partial charge in [-0.05, 0) is 58.7 Å². The zero-order chi connectivity index (χ0) is 16.9. The summed E-state index contributed by atoms with van der Waals surface area (Å²) in [6.07, 6.45) is -0.596. The lowest BCUT2D eigenvalue weighted by molar-refractivity contribution is 0.0159. The van der Waals surface area contributed by atoms with Crippen LogP contribution in [0.5, 0.6) is 0 Å². The molecule has 0 bridgehead atoms. The number of amides is 1. The van der Waals surface area contributed by atoms with Gasteiger partial charge in [0.1, 0.15) is 5.60 Å². The number of aliphatic hydroxyl groups excluding tert-OH is 1. The fourth-order valence-electron chi connectivity index (χ4n) is 2.02. The van der Waals surface area contributed by atoms with Gasteiger partial charge in [-0.1, -0.05) is 23.7 Å². The minimum Gasteiger partial charge on any atom is -0.444 e. The van der Waals surface area contributed by atoms with Crippen LogP contribution < -0.4 is 0 Å². The highest BCUT2D eigenvalue weighted by Gasteiger charge is 2.24. The zero-order valence-corrected chi connectivity index (χ0v) is 14.7. The first kappa shape index (κ1) is 18.8. The topological polar surface area (TPSA) is 49.8 Å².